The molecule has 2 aromatic carbocycles. The average molecular weight is 367 g/mol. The van der Waals surface area contributed by atoms with E-state index in [4.69, 9.17) is 4.74 Å². The number of amides is 4. The lowest BCUT2D eigenvalue weighted by molar-refractivity contribution is -0.132. The minimum atomic E-state index is -1.07. The lowest BCUT2D eigenvalue weighted by Gasteiger charge is -2.21. The summed E-state index contributed by atoms with van der Waals surface area (Å²) in [6.07, 6.45) is 1.05. The third kappa shape index (κ3) is 3.92. The van der Waals surface area contributed by atoms with Crippen LogP contribution in [0.2, 0.25) is 0 Å². The van der Waals surface area contributed by atoms with Gasteiger partial charge in [-0.2, -0.15) is 5.01 Å². The molecular formula is C20H21N3O4. The van der Waals surface area contributed by atoms with Crippen LogP contribution in [-0.2, 0) is 11.2 Å². The van der Waals surface area contributed by atoms with E-state index < -0.39 is 23.4 Å². The van der Waals surface area contributed by atoms with Crippen molar-refractivity contribution in [3.05, 3.63) is 65.7 Å². The molecule has 140 valence electrons. The average Bonchev–Trinajstić information content (AvgIpc) is 2.90. The predicted octanol–water partition coefficient (Wildman–Crippen LogP) is 2.28. The Balaban J connectivity index is 1.68. The van der Waals surface area contributed by atoms with E-state index in [1.165, 1.54) is 13.2 Å². The molecule has 1 atom stereocenters. The van der Waals surface area contributed by atoms with E-state index in [2.05, 4.69) is 10.7 Å². The second-order valence-corrected chi connectivity index (χ2v) is 6.56. The number of benzene rings is 2. The fourth-order valence-corrected chi connectivity index (χ4v) is 2.92. The number of rotatable bonds is 6. The van der Waals surface area contributed by atoms with Crippen molar-refractivity contribution in [1.82, 2.24) is 15.8 Å². The molecule has 2 N–H and O–H groups in total. The van der Waals surface area contributed by atoms with Crippen LogP contribution >= 0.6 is 0 Å². The summed E-state index contributed by atoms with van der Waals surface area (Å²) >= 11 is 0. The van der Waals surface area contributed by atoms with Crippen LogP contribution < -0.4 is 15.5 Å². The van der Waals surface area contributed by atoms with Gasteiger partial charge in [0.05, 0.1) is 7.11 Å². The summed E-state index contributed by atoms with van der Waals surface area (Å²) < 4.78 is 5.08. The molecule has 4 amide bonds. The molecule has 0 aromatic heterocycles. The highest BCUT2D eigenvalue weighted by molar-refractivity contribution is 6.09. The normalized spacial score (nSPS) is 19.0. The summed E-state index contributed by atoms with van der Waals surface area (Å²) in [5, 5.41) is 3.42. The molecule has 7 nitrogen and oxygen atoms in total. The van der Waals surface area contributed by atoms with Crippen molar-refractivity contribution in [2.24, 2.45) is 0 Å². The van der Waals surface area contributed by atoms with Crippen LogP contribution in [0.3, 0.4) is 0 Å². The Hall–Kier alpha value is -3.35. The predicted molar refractivity (Wildman–Crippen MR) is 99.0 cm³/mol. The topological polar surface area (TPSA) is 87.7 Å². The Morgan fingerprint density at radius 2 is 1.89 bits per heavy atom. The Bertz CT molecular complexity index is 869. The van der Waals surface area contributed by atoms with Crippen LogP contribution in [-0.4, -0.2) is 35.5 Å². The van der Waals surface area contributed by atoms with Crippen LogP contribution in [0, 0.1) is 0 Å². The molecule has 0 spiro atoms. The monoisotopic (exact) mass is 367 g/mol. The molecule has 2 aromatic rings. The van der Waals surface area contributed by atoms with E-state index in [9.17, 15) is 14.4 Å². The highest BCUT2D eigenvalue weighted by atomic mass is 16.5. The van der Waals surface area contributed by atoms with Gasteiger partial charge in [-0.15, -0.1) is 0 Å². The van der Waals surface area contributed by atoms with Crippen molar-refractivity contribution < 1.29 is 19.1 Å². The van der Waals surface area contributed by atoms with Gasteiger partial charge in [-0.1, -0.05) is 36.4 Å². The largest absolute Gasteiger partial charge is 0.497 e. The number of hydrogen-bond acceptors (Lipinski definition) is 4. The summed E-state index contributed by atoms with van der Waals surface area (Å²) in [5.41, 5.74) is 2.66. The maximum absolute atomic E-state index is 12.8. The Kier molecular flexibility index (Phi) is 5.12. The van der Waals surface area contributed by atoms with Crippen LogP contribution in [0.1, 0.15) is 29.3 Å². The van der Waals surface area contributed by atoms with Crippen LogP contribution in [0.5, 0.6) is 5.75 Å². The van der Waals surface area contributed by atoms with Gasteiger partial charge < -0.3 is 10.1 Å². The first-order chi connectivity index (χ1) is 12.9. The van der Waals surface area contributed by atoms with Gasteiger partial charge in [0.2, 0.25) is 0 Å². The summed E-state index contributed by atoms with van der Waals surface area (Å²) in [4.78, 5) is 37.4. The Morgan fingerprint density at radius 3 is 2.59 bits per heavy atom. The van der Waals surface area contributed by atoms with Crippen LogP contribution in [0.15, 0.2) is 54.6 Å². The number of hydrazine groups is 1. The molecule has 7 heteroatoms. The van der Waals surface area contributed by atoms with Crippen molar-refractivity contribution in [2.45, 2.75) is 25.3 Å². The summed E-state index contributed by atoms with van der Waals surface area (Å²) in [6.45, 7) is 1.66. The number of imide groups is 1. The van der Waals surface area contributed by atoms with E-state index in [0.29, 0.717) is 18.6 Å². The maximum Gasteiger partial charge on any atom is 0.344 e. The molecular weight excluding hydrogens is 346 g/mol. The van der Waals surface area contributed by atoms with Crippen LogP contribution in [0.4, 0.5) is 4.79 Å². The molecule has 0 saturated carbocycles. The number of carbonyl (C=O) groups is 3. The number of carbonyl (C=O) groups excluding carboxylic acids is 3. The van der Waals surface area contributed by atoms with Crippen molar-refractivity contribution in [3.63, 3.8) is 0 Å². The minimum absolute atomic E-state index is 0.285. The zero-order chi connectivity index (χ0) is 19.4. The number of hydrogen-bond donors (Lipinski definition) is 2. The summed E-state index contributed by atoms with van der Waals surface area (Å²) in [6, 6.07) is 15.5. The van der Waals surface area contributed by atoms with Crippen molar-refractivity contribution in [2.75, 3.05) is 7.11 Å². The standard InChI is InChI=1S/C20H21N3O4/c1-20(12-11-14-7-4-3-5-8-14)18(25)23(19(26)21-20)22-17(24)15-9-6-10-16(13-15)27-2/h3-10,13H,11-12H2,1-2H3,(H,21,26)(H,22,24)/t20-/m1/s1. The molecule has 0 radical (unpaired) electrons. The number of ether oxygens (including phenoxy) is 1. The van der Waals surface area contributed by atoms with Gasteiger partial charge in [0.1, 0.15) is 11.3 Å². The van der Waals surface area contributed by atoms with E-state index in [-0.39, 0.29) is 5.56 Å². The second-order valence-electron chi connectivity index (χ2n) is 6.56. The van der Waals surface area contributed by atoms with Gasteiger partial charge >= 0.3 is 6.03 Å². The van der Waals surface area contributed by atoms with Gasteiger partial charge in [0, 0.05) is 5.56 Å². The number of nitrogens with one attached hydrogen (secondary N) is 2. The van der Waals surface area contributed by atoms with Crippen molar-refractivity contribution in [1.29, 1.82) is 0 Å². The maximum atomic E-state index is 12.8. The molecule has 27 heavy (non-hydrogen) atoms. The first-order valence-corrected chi connectivity index (χ1v) is 8.58. The highest BCUT2D eigenvalue weighted by Crippen LogP contribution is 2.22. The van der Waals surface area contributed by atoms with Gasteiger partial charge in [0.15, 0.2) is 0 Å². The van der Waals surface area contributed by atoms with E-state index in [0.717, 1.165) is 10.6 Å². The molecule has 1 aliphatic rings. The van der Waals surface area contributed by atoms with Crippen LogP contribution in [0.25, 0.3) is 0 Å². The van der Waals surface area contributed by atoms with Crippen molar-refractivity contribution >= 4 is 17.8 Å². The van der Waals surface area contributed by atoms with Gasteiger partial charge in [-0.05, 0) is 43.5 Å². The second kappa shape index (κ2) is 7.49. The molecule has 1 heterocycles. The molecule has 0 unspecified atom stereocenters. The van der Waals surface area contributed by atoms with Gasteiger partial charge in [-0.3, -0.25) is 15.0 Å². The minimum Gasteiger partial charge on any atom is -0.497 e. The number of aryl methyl sites for hydroxylation is 1. The number of methoxy groups -OCH3 is 1. The molecule has 0 aliphatic carbocycles. The Labute approximate surface area is 157 Å². The first-order valence-electron chi connectivity index (χ1n) is 8.58. The smallest absolute Gasteiger partial charge is 0.344 e. The lowest BCUT2D eigenvalue weighted by Crippen LogP contribution is -2.48. The van der Waals surface area contributed by atoms with E-state index in [1.807, 2.05) is 30.3 Å². The SMILES string of the molecule is COc1cccc(C(=O)NN2C(=O)N[C@](C)(CCc3ccccc3)C2=O)c1. The molecule has 1 saturated heterocycles. The van der Waals surface area contributed by atoms with E-state index in [1.54, 1.807) is 25.1 Å². The molecule has 0 bridgehead atoms. The van der Waals surface area contributed by atoms with Crippen molar-refractivity contribution in [3.8, 4) is 5.75 Å². The third-order valence-electron chi connectivity index (χ3n) is 4.56. The zero-order valence-corrected chi connectivity index (χ0v) is 15.2. The molecule has 1 fully saturated rings. The Morgan fingerprint density at radius 1 is 1.15 bits per heavy atom. The van der Waals surface area contributed by atoms with E-state index >= 15 is 0 Å². The molecule has 3 rings (SSSR count). The first kappa shape index (κ1) is 18.4. The quantitative estimate of drug-likeness (QED) is 0.767. The number of nitrogens with zero attached hydrogens (tertiary/aromatic N) is 1. The fraction of sp³-hybridized carbons (Fsp3) is 0.250. The summed E-state index contributed by atoms with van der Waals surface area (Å²) in [5.74, 6) is -0.545. The third-order valence-corrected chi connectivity index (χ3v) is 4.56. The number of urea groups is 1. The zero-order valence-electron chi connectivity index (χ0n) is 15.2. The van der Waals surface area contributed by atoms with Gasteiger partial charge in [-0.25, -0.2) is 4.79 Å². The highest BCUT2D eigenvalue weighted by Gasteiger charge is 2.48. The fourth-order valence-electron chi connectivity index (χ4n) is 2.92. The van der Waals surface area contributed by atoms with Gasteiger partial charge in [0.25, 0.3) is 11.8 Å². The molecule has 1 aliphatic heterocycles. The summed E-state index contributed by atoms with van der Waals surface area (Å²) in [7, 11) is 1.49. The lowest BCUT2D eigenvalue weighted by atomic mass is 9.93.